The second-order valence-corrected chi connectivity index (χ2v) is 7.83. The molecule has 1 aliphatic rings. The lowest BCUT2D eigenvalue weighted by atomic mass is 10.2. The molecular weight excluding hydrogens is 487 g/mol. The third kappa shape index (κ3) is 7.74. The second-order valence-electron chi connectivity index (χ2n) is 7.83. The average Bonchev–Trinajstić information content (AvgIpc) is 3.18. The van der Waals surface area contributed by atoms with Crippen molar-refractivity contribution in [3.63, 3.8) is 0 Å². The zero-order valence-electron chi connectivity index (χ0n) is 18.6. The Bertz CT molecular complexity index is 751. The number of hydrogen-bond donors (Lipinski definition) is 2. The standard InChI is InChI=1S/C23H38N6.HI/c1-3-27-17-19-28(20-18-27)14-7-6-12-25-23(24-2)26-13-8-15-29-16-11-21-9-4-5-10-22(21)29;/h4-5,9-11,16H,3,6-8,12-15,17-20H2,1-2H3,(H2,24,25,26);1H. The van der Waals surface area contributed by atoms with Crippen molar-refractivity contribution in [2.45, 2.75) is 32.7 Å². The number of nitrogens with one attached hydrogen (secondary N) is 2. The van der Waals surface area contributed by atoms with E-state index in [4.69, 9.17) is 0 Å². The van der Waals surface area contributed by atoms with Crippen molar-refractivity contribution >= 4 is 40.8 Å². The number of hydrogen-bond acceptors (Lipinski definition) is 3. The van der Waals surface area contributed by atoms with Crippen LogP contribution in [-0.4, -0.2) is 79.7 Å². The molecule has 7 heteroatoms. The summed E-state index contributed by atoms with van der Waals surface area (Å²) in [5, 5.41) is 8.20. The molecule has 0 aliphatic carbocycles. The number of nitrogens with zero attached hydrogens (tertiary/aromatic N) is 4. The topological polar surface area (TPSA) is 47.8 Å². The average molecular weight is 527 g/mol. The van der Waals surface area contributed by atoms with Crippen molar-refractivity contribution in [3.8, 4) is 0 Å². The molecule has 2 heterocycles. The Kier molecular flexibility index (Phi) is 11.5. The first kappa shape index (κ1) is 24.9. The fourth-order valence-electron chi connectivity index (χ4n) is 4.01. The van der Waals surface area contributed by atoms with E-state index in [2.05, 4.69) is 73.4 Å². The minimum atomic E-state index is 0. The molecule has 2 N–H and O–H groups in total. The molecule has 6 nitrogen and oxygen atoms in total. The third-order valence-corrected chi connectivity index (χ3v) is 5.88. The fourth-order valence-corrected chi connectivity index (χ4v) is 4.01. The molecule has 0 atom stereocenters. The van der Waals surface area contributed by atoms with E-state index < -0.39 is 0 Å². The van der Waals surface area contributed by atoms with E-state index in [1.54, 1.807) is 0 Å². The lowest BCUT2D eigenvalue weighted by molar-refractivity contribution is 0.136. The highest BCUT2D eigenvalue weighted by atomic mass is 127. The number of fused-ring (bicyclic) bond motifs is 1. The molecule has 30 heavy (non-hydrogen) atoms. The summed E-state index contributed by atoms with van der Waals surface area (Å²) in [5.74, 6) is 0.916. The molecule has 1 aliphatic heterocycles. The Labute approximate surface area is 199 Å². The molecule has 0 radical (unpaired) electrons. The van der Waals surface area contributed by atoms with E-state index in [0.29, 0.717) is 0 Å². The van der Waals surface area contributed by atoms with Gasteiger partial charge in [0.2, 0.25) is 0 Å². The van der Waals surface area contributed by atoms with Crippen LogP contribution in [0.4, 0.5) is 0 Å². The first-order valence-corrected chi connectivity index (χ1v) is 11.2. The molecule has 1 fully saturated rings. The van der Waals surface area contributed by atoms with Gasteiger partial charge in [0.05, 0.1) is 0 Å². The van der Waals surface area contributed by atoms with Crippen molar-refractivity contribution in [1.29, 1.82) is 0 Å². The number of likely N-dealkylation sites (N-methyl/N-ethyl adjacent to an activating group) is 1. The Morgan fingerprint density at radius 2 is 1.60 bits per heavy atom. The zero-order valence-corrected chi connectivity index (χ0v) is 21.0. The van der Waals surface area contributed by atoms with Crippen molar-refractivity contribution in [2.24, 2.45) is 4.99 Å². The van der Waals surface area contributed by atoms with E-state index in [9.17, 15) is 0 Å². The highest BCUT2D eigenvalue weighted by Gasteiger charge is 2.14. The normalized spacial score (nSPS) is 15.9. The molecule has 1 aromatic carbocycles. The predicted molar refractivity (Wildman–Crippen MR) is 139 cm³/mol. The monoisotopic (exact) mass is 526 g/mol. The summed E-state index contributed by atoms with van der Waals surface area (Å²) >= 11 is 0. The SMILES string of the molecule is CCN1CCN(CCCCNC(=NC)NCCCn2ccc3ccccc32)CC1.I. The van der Waals surface area contributed by atoms with Crippen LogP contribution in [0.3, 0.4) is 0 Å². The lowest BCUT2D eigenvalue weighted by Crippen LogP contribution is -2.46. The zero-order chi connectivity index (χ0) is 20.3. The highest BCUT2D eigenvalue weighted by molar-refractivity contribution is 14.0. The van der Waals surface area contributed by atoms with Gasteiger partial charge < -0.3 is 25.0 Å². The predicted octanol–water partition coefficient (Wildman–Crippen LogP) is 3.23. The van der Waals surface area contributed by atoms with Gasteiger partial charge in [0, 0.05) is 64.6 Å². The smallest absolute Gasteiger partial charge is 0.190 e. The molecule has 3 rings (SSSR count). The number of para-hydroxylation sites is 1. The summed E-state index contributed by atoms with van der Waals surface area (Å²) in [6.07, 6.45) is 5.68. The van der Waals surface area contributed by atoms with Crippen molar-refractivity contribution in [3.05, 3.63) is 36.5 Å². The minimum Gasteiger partial charge on any atom is -0.356 e. The number of rotatable bonds is 10. The van der Waals surface area contributed by atoms with Gasteiger partial charge in [-0.05, 0) is 49.9 Å². The summed E-state index contributed by atoms with van der Waals surface area (Å²) in [7, 11) is 1.85. The van der Waals surface area contributed by atoms with Crippen LogP contribution in [0.25, 0.3) is 10.9 Å². The Hall–Kier alpha value is -1.32. The van der Waals surface area contributed by atoms with Gasteiger partial charge in [-0.15, -0.1) is 24.0 Å². The van der Waals surface area contributed by atoms with Crippen LogP contribution in [0.1, 0.15) is 26.2 Å². The summed E-state index contributed by atoms with van der Waals surface area (Å²) in [4.78, 5) is 9.49. The van der Waals surface area contributed by atoms with E-state index in [1.807, 2.05) is 7.05 Å². The molecule has 2 aromatic rings. The van der Waals surface area contributed by atoms with E-state index in [1.165, 1.54) is 63.0 Å². The number of aromatic nitrogens is 1. The molecule has 0 bridgehead atoms. The van der Waals surface area contributed by atoms with Crippen molar-refractivity contribution in [2.75, 3.05) is 59.4 Å². The Morgan fingerprint density at radius 1 is 0.900 bits per heavy atom. The highest BCUT2D eigenvalue weighted by Crippen LogP contribution is 2.15. The first-order chi connectivity index (χ1) is 14.3. The molecule has 168 valence electrons. The van der Waals surface area contributed by atoms with E-state index >= 15 is 0 Å². The number of unbranched alkanes of at least 4 members (excludes halogenated alkanes) is 1. The van der Waals surface area contributed by atoms with Crippen LogP contribution < -0.4 is 10.6 Å². The molecule has 0 amide bonds. The maximum absolute atomic E-state index is 4.35. The maximum atomic E-state index is 4.35. The van der Waals surface area contributed by atoms with Gasteiger partial charge in [-0.25, -0.2) is 0 Å². The van der Waals surface area contributed by atoms with Gasteiger partial charge in [-0.1, -0.05) is 25.1 Å². The summed E-state index contributed by atoms with van der Waals surface area (Å²) in [5.41, 5.74) is 1.31. The van der Waals surface area contributed by atoms with E-state index in [-0.39, 0.29) is 24.0 Å². The van der Waals surface area contributed by atoms with Gasteiger partial charge >= 0.3 is 0 Å². The van der Waals surface area contributed by atoms with Crippen LogP contribution in [-0.2, 0) is 6.54 Å². The molecule has 1 saturated heterocycles. The molecule has 0 unspecified atom stereocenters. The van der Waals surface area contributed by atoms with Crippen LogP contribution in [0.5, 0.6) is 0 Å². The summed E-state index contributed by atoms with van der Waals surface area (Å²) < 4.78 is 2.33. The number of aliphatic imine (C=N–C) groups is 1. The van der Waals surface area contributed by atoms with Crippen LogP contribution in [0, 0.1) is 0 Å². The number of halogens is 1. The number of piperazine rings is 1. The first-order valence-electron chi connectivity index (χ1n) is 11.2. The van der Waals surface area contributed by atoms with Gasteiger partial charge in [0.1, 0.15) is 0 Å². The molecule has 0 spiro atoms. The van der Waals surface area contributed by atoms with Crippen molar-refractivity contribution < 1.29 is 0 Å². The Balaban J connectivity index is 0.00000320. The van der Waals surface area contributed by atoms with Gasteiger partial charge in [0.25, 0.3) is 0 Å². The van der Waals surface area contributed by atoms with E-state index in [0.717, 1.165) is 32.0 Å². The van der Waals surface area contributed by atoms with Gasteiger partial charge in [-0.3, -0.25) is 4.99 Å². The number of aryl methyl sites for hydroxylation is 1. The molecule has 1 aromatic heterocycles. The van der Waals surface area contributed by atoms with Crippen molar-refractivity contribution in [1.82, 2.24) is 25.0 Å². The fraction of sp³-hybridized carbons (Fsp3) is 0.609. The van der Waals surface area contributed by atoms with Gasteiger partial charge in [-0.2, -0.15) is 0 Å². The lowest BCUT2D eigenvalue weighted by Gasteiger charge is -2.34. The number of guanidine groups is 1. The summed E-state index contributed by atoms with van der Waals surface area (Å²) in [6.45, 7) is 12.5. The summed E-state index contributed by atoms with van der Waals surface area (Å²) in [6, 6.07) is 10.7. The maximum Gasteiger partial charge on any atom is 0.190 e. The largest absolute Gasteiger partial charge is 0.356 e. The van der Waals surface area contributed by atoms with Gasteiger partial charge in [0.15, 0.2) is 5.96 Å². The second kappa shape index (κ2) is 13.9. The molecule has 0 saturated carbocycles. The molecular formula is C23H39IN6. The van der Waals surface area contributed by atoms with Crippen LogP contribution in [0.15, 0.2) is 41.5 Å². The minimum absolute atomic E-state index is 0. The quantitative estimate of drug-likeness (QED) is 0.216. The Morgan fingerprint density at radius 3 is 2.33 bits per heavy atom. The van der Waals surface area contributed by atoms with Crippen LogP contribution in [0.2, 0.25) is 0 Å². The third-order valence-electron chi connectivity index (χ3n) is 5.88. The van der Waals surface area contributed by atoms with Crippen LogP contribution >= 0.6 is 24.0 Å². The number of benzene rings is 1.